The second kappa shape index (κ2) is 5.49. The molecule has 20 heavy (non-hydrogen) atoms. The molecule has 1 N–H and O–H groups in total. The van der Waals surface area contributed by atoms with Crippen molar-refractivity contribution in [3.63, 3.8) is 0 Å². The van der Waals surface area contributed by atoms with Crippen molar-refractivity contribution in [3.8, 4) is 0 Å². The van der Waals surface area contributed by atoms with E-state index in [1.165, 1.54) is 11.1 Å². The van der Waals surface area contributed by atoms with Crippen LogP contribution < -0.4 is 5.32 Å². The van der Waals surface area contributed by atoms with Gasteiger partial charge in [-0.2, -0.15) is 0 Å². The van der Waals surface area contributed by atoms with Gasteiger partial charge in [-0.1, -0.05) is 31.2 Å². The third kappa shape index (κ3) is 2.63. The lowest BCUT2D eigenvalue weighted by Crippen LogP contribution is -2.36. The van der Waals surface area contributed by atoms with Crippen LogP contribution in [0.25, 0.3) is 0 Å². The number of hydrogen-bond acceptors (Lipinski definition) is 3. The molecule has 1 saturated heterocycles. The van der Waals surface area contributed by atoms with Crippen LogP contribution in [-0.4, -0.2) is 26.5 Å². The standard InChI is InChI=1S/C16H23NO2S/c1-2-17-16-14-6-4-3-5-12(14)7-8-15(16)13-9-10-20(18,19)11-13/h3-6,13,15-17H,2,7-11H2,1H3. The van der Waals surface area contributed by atoms with E-state index in [-0.39, 0.29) is 0 Å². The monoisotopic (exact) mass is 293 g/mol. The van der Waals surface area contributed by atoms with E-state index in [2.05, 4.69) is 36.5 Å². The quantitative estimate of drug-likeness (QED) is 0.930. The Morgan fingerprint density at radius 1 is 1.25 bits per heavy atom. The van der Waals surface area contributed by atoms with Gasteiger partial charge in [-0.15, -0.1) is 0 Å². The molecule has 0 spiro atoms. The average molecular weight is 293 g/mol. The van der Waals surface area contributed by atoms with Crippen molar-refractivity contribution in [1.82, 2.24) is 5.32 Å². The van der Waals surface area contributed by atoms with Crippen molar-refractivity contribution in [2.45, 2.75) is 32.2 Å². The van der Waals surface area contributed by atoms with Crippen LogP contribution in [0.15, 0.2) is 24.3 Å². The molecule has 0 amide bonds. The van der Waals surface area contributed by atoms with Gasteiger partial charge >= 0.3 is 0 Å². The number of fused-ring (bicyclic) bond motifs is 1. The molecule has 1 heterocycles. The summed E-state index contributed by atoms with van der Waals surface area (Å²) in [4.78, 5) is 0. The number of hydrogen-bond donors (Lipinski definition) is 1. The number of nitrogens with one attached hydrogen (secondary N) is 1. The van der Waals surface area contributed by atoms with E-state index in [1.807, 2.05) is 0 Å². The fourth-order valence-electron chi connectivity index (χ4n) is 3.94. The Morgan fingerprint density at radius 3 is 2.75 bits per heavy atom. The summed E-state index contributed by atoms with van der Waals surface area (Å²) in [6.45, 7) is 3.05. The van der Waals surface area contributed by atoms with Gasteiger partial charge in [0.2, 0.25) is 0 Å². The summed E-state index contributed by atoms with van der Waals surface area (Å²) < 4.78 is 23.5. The Kier molecular flexibility index (Phi) is 3.87. The molecule has 1 aromatic rings. The lowest BCUT2D eigenvalue weighted by atomic mass is 9.73. The number of rotatable bonds is 3. The van der Waals surface area contributed by atoms with E-state index in [4.69, 9.17) is 0 Å². The zero-order valence-corrected chi connectivity index (χ0v) is 12.8. The molecule has 1 aliphatic carbocycles. The smallest absolute Gasteiger partial charge is 0.150 e. The van der Waals surface area contributed by atoms with Gasteiger partial charge in [-0.25, -0.2) is 8.42 Å². The minimum atomic E-state index is -2.79. The van der Waals surface area contributed by atoms with Gasteiger partial charge in [-0.3, -0.25) is 0 Å². The first-order chi connectivity index (χ1) is 9.61. The van der Waals surface area contributed by atoms with E-state index >= 15 is 0 Å². The number of benzene rings is 1. The van der Waals surface area contributed by atoms with Gasteiger partial charge in [0.25, 0.3) is 0 Å². The van der Waals surface area contributed by atoms with Gasteiger partial charge < -0.3 is 5.32 Å². The fourth-order valence-corrected chi connectivity index (χ4v) is 5.83. The van der Waals surface area contributed by atoms with E-state index in [0.717, 1.165) is 25.8 Å². The van der Waals surface area contributed by atoms with E-state index in [0.29, 0.717) is 29.4 Å². The predicted molar refractivity (Wildman–Crippen MR) is 81.4 cm³/mol. The van der Waals surface area contributed by atoms with Gasteiger partial charge in [0.05, 0.1) is 11.5 Å². The molecule has 1 aliphatic heterocycles. The molecule has 3 atom stereocenters. The minimum absolute atomic E-state index is 0.322. The van der Waals surface area contributed by atoms with Crippen LogP contribution in [-0.2, 0) is 16.3 Å². The van der Waals surface area contributed by atoms with Gasteiger partial charge in [0.15, 0.2) is 9.84 Å². The third-order valence-electron chi connectivity index (χ3n) is 4.86. The van der Waals surface area contributed by atoms with Gasteiger partial charge in [0.1, 0.15) is 0 Å². The maximum absolute atomic E-state index is 11.8. The molecule has 4 heteroatoms. The molecule has 110 valence electrons. The molecule has 2 aliphatic rings. The molecular formula is C16H23NO2S. The van der Waals surface area contributed by atoms with Crippen molar-refractivity contribution >= 4 is 9.84 Å². The number of sulfone groups is 1. The highest BCUT2D eigenvalue weighted by molar-refractivity contribution is 7.91. The van der Waals surface area contributed by atoms with Crippen LogP contribution in [0.1, 0.15) is 36.9 Å². The van der Waals surface area contributed by atoms with Crippen molar-refractivity contribution < 1.29 is 8.42 Å². The first-order valence-corrected chi connectivity index (χ1v) is 9.44. The zero-order valence-electron chi connectivity index (χ0n) is 12.0. The second-order valence-corrected chi connectivity index (χ2v) is 8.33. The summed E-state index contributed by atoms with van der Waals surface area (Å²) >= 11 is 0. The maximum atomic E-state index is 11.8. The largest absolute Gasteiger partial charge is 0.310 e. The third-order valence-corrected chi connectivity index (χ3v) is 6.66. The SMILES string of the molecule is CCNC1c2ccccc2CCC1C1CCS(=O)(=O)C1. The summed E-state index contributed by atoms with van der Waals surface area (Å²) in [7, 11) is -2.79. The Bertz CT molecular complexity index is 582. The summed E-state index contributed by atoms with van der Waals surface area (Å²) in [5.74, 6) is 1.57. The molecule has 0 aromatic heterocycles. The van der Waals surface area contributed by atoms with Crippen LogP contribution in [0.3, 0.4) is 0 Å². The minimum Gasteiger partial charge on any atom is -0.310 e. The van der Waals surface area contributed by atoms with Crippen LogP contribution >= 0.6 is 0 Å². The molecule has 0 bridgehead atoms. The predicted octanol–water partition coefficient (Wildman–Crippen LogP) is 2.33. The van der Waals surface area contributed by atoms with E-state index in [1.54, 1.807) is 0 Å². The Hall–Kier alpha value is -0.870. The fraction of sp³-hybridized carbons (Fsp3) is 0.625. The summed E-state index contributed by atoms with van der Waals surface area (Å²) in [5.41, 5.74) is 2.81. The molecule has 0 saturated carbocycles. The Labute approximate surface area is 121 Å². The van der Waals surface area contributed by atoms with E-state index in [9.17, 15) is 8.42 Å². The zero-order chi connectivity index (χ0) is 14.2. The van der Waals surface area contributed by atoms with Crippen molar-refractivity contribution in [2.75, 3.05) is 18.1 Å². The highest BCUT2D eigenvalue weighted by Gasteiger charge is 2.39. The number of aryl methyl sites for hydroxylation is 1. The summed E-state index contributed by atoms with van der Waals surface area (Å²) in [6.07, 6.45) is 3.03. The Morgan fingerprint density at radius 2 is 2.05 bits per heavy atom. The second-order valence-electron chi connectivity index (χ2n) is 6.10. The van der Waals surface area contributed by atoms with Crippen molar-refractivity contribution in [1.29, 1.82) is 0 Å². The van der Waals surface area contributed by atoms with Gasteiger partial charge in [0, 0.05) is 6.04 Å². The first-order valence-electron chi connectivity index (χ1n) is 7.62. The molecule has 3 nitrogen and oxygen atoms in total. The van der Waals surface area contributed by atoms with Crippen molar-refractivity contribution in [2.24, 2.45) is 11.8 Å². The summed E-state index contributed by atoms with van der Waals surface area (Å²) in [5, 5.41) is 3.60. The molecule has 3 rings (SSSR count). The van der Waals surface area contributed by atoms with Crippen molar-refractivity contribution in [3.05, 3.63) is 35.4 Å². The molecule has 1 fully saturated rings. The lowest BCUT2D eigenvalue weighted by molar-refractivity contribution is 0.240. The van der Waals surface area contributed by atoms with Crippen LogP contribution in [0, 0.1) is 11.8 Å². The molecule has 3 unspecified atom stereocenters. The molecule has 1 aromatic carbocycles. The van der Waals surface area contributed by atoms with Crippen LogP contribution in [0.4, 0.5) is 0 Å². The highest BCUT2D eigenvalue weighted by Crippen LogP contribution is 2.42. The Balaban J connectivity index is 1.89. The average Bonchev–Trinajstić information content (AvgIpc) is 2.79. The first kappa shape index (κ1) is 14.1. The lowest BCUT2D eigenvalue weighted by Gasteiger charge is -2.37. The maximum Gasteiger partial charge on any atom is 0.150 e. The normalized spacial score (nSPS) is 31.9. The van der Waals surface area contributed by atoms with Crippen LogP contribution in [0.5, 0.6) is 0 Å². The van der Waals surface area contributed by atoms with Gasteiger partial charge in [-0.05, 0) is 48.8 Å². The highest BCUT2D eigenvalue weighted by atomic mass is 32.2. The van der Waals surface area contributed by atoms with Crippen LogP contribution in [0.2, 0.25) is 0 Å². The van der Waals surface area contributed by atoms with E-state index < -0.39 is 9.84 Å². The molecular weight excluding hydrogens is 270 g/mol. The molecule has 0 radical (unpaired) electrons. The summed E-state index contributed by atoms with van der Waals surface area (Å²) in [6, 6.07) is 8.93. The topological polar surface area (TPSA) is 46.2 Å².